The monoisotopic (exact) mass is 435 g/mol. The van der Waals surface area contributed by atoms with E-state index in [0.717, 1.165) is 18.4 Å². The van der Waals surface area contributed by atoms with Crippen LogP contribution in [0.3, 0.4) is 0 Å². The Morgan fingerprint density at radius 3 is 2.42 bits per heavy atom. The first kappa shape index (κ1) is 19.5. The SMILES string of the molecule is O=C(NS(=O)(=O)c1ccccc1-c1ccccc1)c1cc2c(F)cc(C3CC3)cc2o1. The molecule has 0 radical (unpaired) electrons. The summed E-state index contributed by atoms with van der Waals surface area (Å²) in [5.41, 5.74) is 2.23. The summed E-state index contributed by atoms with van der Waals surface area (Å²) in [6, 6.07) is 19.8. The van der Waals surface area contributed by atoms with Crippen LogP contribution < -0.4 is 4.72 Å². The van der Waals surface area contributed by atoms with Gasteiger partial charge in [-0.05, 0) is 48.1 Å². The third-order valence-electron chi connectivity index (χ3n) is 5.37. The highest BCUT2D eigenvalue weighted by Gasteiger charge is 2.27. The first-order valence-electron chi connectivity index (χ1n) is 9.87. The van der Waals surface area contributed by atoms with E-state index in [4.69, 9.17) is 4.42 Å². The predicted molar refractivity (Wildman–Crippen MR) is 115 cm³/mol. The summed E-state index contributed by atoms with van der Waals surface area (Å²) in [7, 11) is -4.20. The lowest BCUT2D eigenvalue weighted by Crippen LogP contribution is -2.30. The highest BCUT2D eigenvalue weighted by molar-refractivity contribution is 7.90. The molecule has 3 aromatic carbocycles. The summed E-state index contributed by atoms with van der Waals surface area (Å²) in [4.78, 5) is 12.7. The van der Waals surface area contributed by atoms with Gasteiger partial charge in [-0.3, -0.25) is 4.79 Å². The first-order chi connectivity index (χ1) is 14.9. The van der Waals surface area contributed by atoms with Crippen LogP contribution in [0.2, 0.25) is 0 Å². The molecule has 7 heteroatoms. The zero-order chi connectivity index (χ0) is 21.6. The van der Waals surface area contributed by atoms with Gasteiger partial charge in [-0.1, -0.05) is 48.5 Å². The Bertz CT molecular complexity index is 1410. The topological polar surface area (TPSA) is 76.4 Å². The number of halogens is 1. The van der Waals surface area contributed by atoms with Crippen molar-refractivity contribution < 1.29 is 22.0 Å². The summed E-state index contributed by atoms with van der Waals surface area (Å²) in [6.45, 7) is 0. The summed E-state index contributed by atoms with van der Waals surface area (Å²) in [6.07, 6.45) is 2.00. The van der Waals surface area contributed by atoms with E-state index < -0.39 is 21.7 Å². The van der Waals surface area contributed by atoms with Crippen LogP contribution in [-0.4, -0.2) is 14.3 Å². The Hall–Kier alpha value is -3.45. The van der Waals surface area contributed by atoms with Crippen LogP contribution in [-0.2, 0) is 10.0 Å². The number of furan rings is 1. The average Bonchev–Trinajstić information content (AvgIpc) is 3.52. The van der Waals surface area contributed by atoms with Crippen molar-refractivity contribution in [3.8, 4) is 11.1 Å². The zero-order valence-electron chi connectivity index (χ0n) is 16.3. The number of amides is 1. The van der Waals surface area contributed by atoms with E-state index in [1.165, 1.54) is 18.2 Å². The van der Waals surface area contributed by atoms with Crippen LogP contribution >= 0.6 is 0 Å². The molecule has 31 heavy (non-hydrogen) atoms. The zero-order valence-corrected chi connectivity index (χ0v) is 17.2. The van der Waals surface area contributed by atoms with E-state index in [9.17, 15) is 17.6 Å². The standard InChI is InChI=1S/C24H18FNO4S/c25-20-12-17(15-10-11-15)13-21-19(20)14-22(30-21)24(27)26-31(28,29)23-9-5-4-8-18(23)16-6-2-1-3-7-16/h1-9,12-15H,10-11H2,(H,26,27). The lowest BCUT2D eigenvalue weighted by molar-refractivity contribution is 0.0956. The summed E-state index contributed by atoms with van der Waals surface area (Å²) < 4.78 is 48.0. The molecule has 0 atom stereocenters. The van der Waals surface area contributed by atoms with Crippen molar-refractivity contribution in [3.63, 3.8) is 0 Å². The third kappa shape index (κ3) is 3.72. The van der Waals surface area contributed by atoms with Gasteiger partial charge in [-0.15, -0.1) is 0 Å². The quantitative estimate of drug-likeness (QED) is 0.465. The fraction of sp³-hybridized carbons (Fsp3) is 0.125. The van der Waals surface area contributed by atoms with Crippen molar-refractivity contribution in [2.24, 2.45) is 0 Å². The van der Waals surface area contributed by atoms with Crippen molar-refractivity contribution >= 4 is 26.9 Å². The lowest BCUT2D eigenvalue weighted by Gasteiger charge is -2.11. The van der Waals surface area contributed by atoms with Crippen LogP contribution in [0.5, 0.6) is 0 Å². The third-order valence-corrected chi connectivity index (χ3v) is 6.76. The van der Waals surface area contributed by atoms with E-state index >= 15 is 0 Å². The predicted octanol–water partition coefficient (Wildman–Crippen LogP) is 5.24. The molecule has 1 amide bonds. The Morgan fingerprint density at radius 2 is 1.68 bits per heavy atom. The normalized spacial score (nSPS) is 14.0. The number of hydrogen-bond acceptors (Lipinski definition) is 4. The van der Waals surface area contributed by atoms with Gasteiger partial charge in [0, 0.05) is 11.6 Å². The molecule has 4 aromatic rings. The van der Waals surface area contributed by atoms with E-state index in [1.54, 1.807) is 48.5 Å². The first-order valence-corrected chi connectivity index (χ1v) is 11.4. The maximum absolute atomic E-state index is 14.4. The smallest absolute Gasteiger partial charge is 0.300 e. The van der Waals surface area contributed by atoms with Crippen molar-refractivity contribution in [1.82, 2.24) is 4.72 Å². The van der Waals surface area contributed by atoms with E-state index in [2.05, 4.69) is 0 Å². The molecule has 1 aromatic heterocycles. The molecular formula is C24H18FNO4S. The fourth-order valence-electron chi connectivity index (χ4n) is 3.66. The van der Waals surface area contributed by atoms with Crippen LogP contribution in [0, 0.1) is 5.82 Å². The molecule has 5 nitrogen and oxygen atoms in total. The molecule has 0 bridgehead atoms. The highest BCUT2D eigenvalue weighted by atomic mass is 32.2. The number of sulfonamides is 1. The van der Waals surface area contributed by atoms with Gasteiger partial charge in [0.1, 0.15) is 11.4 Å². The van der Waals surface area contributed by atoms with E-state index in [1.807, 2.05) is 10.8 Å². The molecule has 0 spiro atoms. The van der Waals surface area contributed by atoms with Crippen molar-refractivity contribution in [2.75, 3.05) is 0 Å². The van der Waals surface area contributed by atoms with Crippen molar-refractivity contribution in [3.05, 3.63) is 89.9 Å². The van der Waals surface area contributed by atoms with E-state index in [-0.39, 0.29) is 21.6 Å². The maximum Gasteiger partial charge on any atom is 0.300 e. The summed E-state index contributed by atoms with van der Waals surface area (Å²) >= 11 is 0. The molecule has 1 fully saturated rings. The van der Waals surface area contributed by atoms with Crippen LogP contribution in [0.15, 0.2) is 82.1 Å². The number of carbonyl (C=O) groups is 1. The van der Waals surface area contributed by atoms with Gasteiger partial charge in [-0.2, -0.15) is 0 Å². The van der Waals surface area contributed by atoms with Gasteiger partial charge in [0.25, 0.3) is 10.0 Å². The second-order valence-corrected chi connectivity index (χ2v) is 9.25. The Kier molecular flexibility index (Phi) is 4.63. The summed E-state index contributed by atoms with van der Waals surface area (Å²) in [5, 5.41) is 0.150. The summed E-state index contributed by atoms with van der Waals surface area (Å²) in [5.74, 6) is -1.38. The van der Waals surface area contributed by atoms with Gasteiger partial charge >= 0.3 is 5.91 Å². The molecule has 1 heterocycles. The van der Waals surface area contributed by atoms with E-state index in [0.29, 0.717) is 17.0 Å². The number of rotatable bonds is 5. The molecular weight excluding hydrogens is 417 g/mol. The van der Waals surface area contributed by atoms with Crippen molar-refractivity contribution in [1.29, 1.82) is 0 Å². The van der Waals surface area contributed by atoms with Crippen molar-refractivity contribution in [2.45, 2.75) is 23.7 Å². The second kappa shape index (κ2) is 7.35. The van der Waals surface area contributed by atoms with Gasteiger partial charge in [0.05, 0.1) is 10.3 Å². The minimum absolute atomic E-state index is 0.0344. The van der Waals surface area contributed by atoms with Crippen LogP contribution in [0.4, 0.5) is 4.39 Å². The molecule has 156 valence electrons. The minimum atomic E-state index is -4.20. The average molecular weight is 435 g/mol. The van der Waals surface area contributed by atoms with Crippen LogP contribution in [0.25, 0.3) is 22.1 Å². The maximum atomic E-state index is 14.4. The Morgan fingerprint density at radius 1 is 0.968 bits per heavy atom. The molecule has 1 N–H and O–H groups in total. The fourth-order valence-corrected chi connectivity index (χ4v) is 4.85. The molecule has 0 unspecified atom stereocenters. The highest BCUT2D eigenvalue weighted by Crippen LogP contribution is 2.41. The molecule has 5 rings (SSSR count). The van der Waals surface area contributed by atoms with Gasteiger partial charge in [-0.25, -0.2) is 17.5 Å². The molecule has 0 aliphatic heterocycles. The molecule has 1 saturated carbocycles. The number of fused-ring (bicyclic) bond motifs is 1. The minimum Gasteiger partial charge on any atom is -0.451 e. The van der Waals surface area contributed by atoms with Crippen LogP contribution in [0.1, 0.15) is 34.9 Å². The Balaban J connectivity index is 1.47. The van der Waals surface area contributed by atoms with Gasteiger partial charge < -0.3 is 4.42 Å². The molecule has 1 aliphatic carbocycles. The number of benzene rings is 3. The molecule has 1 aliphatic rings. The lowest BCUT2D eigenvalue weighted by atomic mass is 10.1. The van der Waals surface area contributed by atoms with Gasteiger partial charge in [0.15, 0.2) is 5.76 Å². The Labute approximate surface area is 178 Å². The number of carbonyl (C=O) groups excluding carboxylic acids is 1. The largest absolute Gasteiger partial charge is 0.451 e. The van der Waals surface area contributed by atoms with Gasteiger partial charge in [0.2, 0.25) is 0 Å². The number of nitrogens with one attached hydrogen (secondary N) is 1. The second-order valence-electron chi connectivity index (χ2n) is 7.60. The number of hydrogen-bond donors (Lipinski definition) is 1. The molecule has 0 saturated heterocycles.